The average molecular weight is 356 g/mol. The fourth-order valence-corrected chi connectivity index (χ4v) is 3.07. The van der Waals surface area contributed by atoms with E-state index < -0.39 is 15.0 Å². The predicted molar refractivity (Wildman–Crippen MR) is 93.3 cm³/mol. The third-order valence-electron chi connectivity index (χ3n) is 3.69. The lowest BCUT2D eigenvalue weighted by atomic mass is 10.0. The summed E-state index contributed by atoms with van der Waals surface area (Å²) in [5.74, 6) is -0.220. The van der Waals surface area contributed by atoms with Crippen molar-refractivity contribution in [3.05, 3.63) is 54.1 Å². The standard InChI is InChI=1S/C17H15N3O4S/c1-10-7-11-8-13(25(22,23)24)9-14(18)15(11)17(21)16(10)20-19-12-5-3-2-4-6-12/h2-9,21H,18H2,1H3,(H,22,23,24)/p-1. The Morgan fingerprint density at radius 2 is 1.76 bits per heavy atom. The summed E-state index contributed by atoms with van der Waals surface area (Å²) < 4.78 is 33.7. The third-order valence-corrected chi connectivity index (χ3v) is 4.50. The van der Waals surface area contributed by atoms with Crippen LogP contribution in [0.4, 0.5) is 17.1 Å². The Morgan fingerprint density at radius 1 is 1.08 bits per heavy atom. The van der Waals surface area contributed by atoms with E-state index in [0.717, 1.165) is 6.07 Å². The minimum Gasteiger partial charge on any atom is -0.744 e. The van der Waals surface area contributed by atoms with Gasteiger partial charge in [0.15, 0.2) is 5.75 Å². The number of hydrogen-bond acceptors (Lipinski definition) is 7. The van der Waals surface area contributed by atoms with Gasteiger partial charge in [-0.25, -0.2) is 8.42 Å². The second kappa shape index (κ2) is 6.15. The number of nitrogens with zero attached hydrogens (tertiary/aromatic N) is 2. The molecule has 0 saturated heterocycles. The van der Waals surface area contributed by atoms with Gasteiger partial charge in [0.25, 0.3) is 0 Å². The van der Waals surface area contributed by atoms with E-state index in [1.54, 1.807) is 25.1 Å². The number of anilines is 1. The molecule has 3 aromatic carbocycles. The van der Waals surface area contributed by atoms with E-state index in [0.29, 0.717) is 16.6 Å². The molecule has 3 rings (SSSR count). The highest BCUT2D eigenvalue weighted by atomic mass is 32.2. The van der Waals surface area contributed by atoms with Gasteiger partial charge in [-0.15, -0.1) is 5.11 Å². The molecule has 8 heteroatoms. The predicted octanol–water partition coefficient (Wildman–Crippen LogP) is 3.76. The van der Waals surface area contributed by atoms with Gasteiger partial charge in [-0.1, -0.05) is 18.2 Å². The highest BCUT2D eigenvalue weighted by molar-refractivity contribution is 7.85. The maximum absolute atomic E-state index is 11.2. The normalized spacial score (nSPS) is 12.1. The van der Waals surface area contributed by atoms with Gasteiger partial charge in [0.05, 0.1) is 10.6 Å². The van der Waals surface area contributed by atoms with Crippen LogP contribution in [0.3, 0.4) is 0 Å². The molecule has 0 bridgehead atoms. The number of aromatic hydroxyl groups is 1. The molecule has 0 aliphatic rings. The Hall–Kier alpha value is -2.97. The first-order valence-electron chi connectivity index (χ1n) is 7.26. The van der Waals surface area contributed by atoms with Gasteiger partial charge in [0.2, 0.25) is 0 Å². The third kappa shape index (κ3) is 3.30. The fraction of sp³-hybridized carbons (Fsp3) is 0.0588. The van der Waals surface area contributed by atoms with Crippen molar-refractivity contribution < 1.29 is 18.1 Å². The fourth-order valence-electron chi connectivity index (χ4n) is 2.53. The Kier molecular flexibility index (Phi) is 4.15. The van der Waals surface area contributed by atoms with Crippen molar-refractivity contribution in [3.8, 4) is 5.75 Å². The van der Waals surface area contributed by atoms with Crippen LogP contribution >= 0.6 is 0 Å². The van der Waals surface area contributed by atoms with Crippen molar-refractivity contribution in [2.24, 2.45) is 10.2 Å². The van der Waals surface area contributed by atoms with Crippen LogP contribution in [-0.2, 0) is 10.1 Å². The largest absolute Gasteiger partial charge is 0.744 e. The Balaban J connectivity index is 2.19. The highest BCUT2D eigenvalue weighted by Gasteiger charge is 2.15. The average Bonchev–Trinajstić information content (AvgIpc) is 2.54. The lowest BCUT2D eigenvalue weighted by Gasteiger charge is -2.13. The van der Waals surface area contributed by atoms with Crippen molar-refractivity contribution in [1.29, 1.82) is 0 Å². The number of phenolic OH excluding ortho intramolecular Hbond substituents is 1. The van der Waals surface area contributed by atoms with Crippen molar-refractivity contribution in [2.75, 3.05) is 5.73 Å². The van der Waals surface area contributed by atoms with Crippen LogP contribution in [0.25, 0.3) is 10.8 Å². The van der Waals surface area contributed by atoms with Crippen LogP contribution in [0.1, 0.15) is 5.56 Å². The number of rotatable bonds is 3. The zero-order chi connectivity index (χ0) is 18.2. The minimum atomic E-state index is -4.65. The van der Waals surface area contributed by atoms with E-state index in [2.05, 4.69) is 10.2 Å². The number of nitrogens with two attached hydrogens (primary N) is 1. The maximum Gasteiger partial charge on any atom is 0.153 e. The minimum absolute atomic E-state index is 0.0272. The van der Waals surface area contributed by atoms with Crippen molar-refractivity contribution >= 4 is 38.0 Å². The summed E-state index contributed by atoms with van der Waals surface area (Å²) in [5, 5.41) is 19.2. The van der Waals surface area contributed by atoms with Crippen LogP contribution in [0.15, 0.2) is 63.7 Å². The smallest absolute Gasteiger partial charge is 0.153 e. The van der Waals surface area contributed by atoms with Gasteiger partial charge >= 0.3 is 0 Å². The molecule has 0 amide bonds. The highest BCUT2D eigenvalue weighted by Crippen LogP contribution is 2.42. The summed E-state index contributed by atoms with van der Waals surface area (Å²) >= 11 is 0. The molecule has 3 N–H and O–H groups in total. The second-order valence-corrected chi connectivity index (χ2v) is 6.87. The zero-order valence-electron chi connectivity index (χ0n) is 13.2. The first-order chi connectivity index (χ1) is 11.8. The van der Waals surface area contributed by atoms with Crippen molar-refractivity contribution in [2.45, 2.75) is 11.8 Å². The summed E-state index contributed by atoms with van der Waals surface area (Å²) in [4.78, 5) is -0.449. The molecule has 128 valence electrons. The summed E-state index contributed by atoms with van der Waals surface area (Å²) in [7, 11) is -4.65. The molecule has 0 aromatic heterocycles. The van der Waals surface area contributed by atoms with E-state index in [1.807, 2.05) is 18.2 Å². The summed E-state index contributed by atoms with van der Waals surface area (Å²) in [6, 6.07) is 12.8. The maximum atomic E-state index is 11.2. The molecule has 0 saturated carbocycles. The summed E-state index contributed by atoms with van der Waals surface area (Å²) in [6.07, 6.45) is 0. The van der Waals surface area contributed by atoms with E-state index in [1.165, 1.54) is 6.07 Å². The van der Waals surface area contributed by atoms with Crippen LogP contribution in [0.2, 0.25) is 0 Å². The van der Waals surface area contributed by atoms with E-state index in [-0.39, 0.29) is 22.5 Å². The molecule has 7 nitrogen and oxygen atoms in total. The second-order valence-electron chi connectivity index (χ2n) is 5.49. The molecule has 0 spiro atoms. The molecular weight excluding hydrogens is 342 g/mol. The Labute approximate surface area is 144 Å². The number of phenols is 1. The lowest BCUT2D eigenvalue weighted by molar-refractivity contribution is 0.463. The summed E-state index contributed by atoms with van der Waals surface area (Å²) in [6.45, 7) is 1.69. The first kappa shape index (κ1) is 16.9. The molecule has 0 radical (unpaired) electrons. The van der Waals surface area contributed by atoms with E-state index in [9.17, 15) is 18.1 Å². The van der Waals surface area contributed by atoms with Crippen LogP contribution in [0, 0.1) is 6.92 Å². The molecule has 0 unspecified atom stereocenters. The molecule has 25 heavy (non-hydrogen) atoms. The zero-order valence-corrected chi connectivity index (χ0v) is 14.0. The van der Waals surface area contributed by atoms with Crippen molar-refractivity contribution in [1.82, 2.24) is 0 Å². The van der Waals surface area contributed by atoms with Gasteiger partial charge in [0.1, 0.15) is 15.8 Å². The lowest BCUT2D eigenvalue weighted by Crippen LogP contribution is -2.00. The molecule has 0 aliphatic carbocycles. The van der Waals surface area contributed by atoms with Crippen LogP contribution < -0.4 is 5.73 Å². The molecule has 0 atom stereocenters. The molecule has 0 fully saturated rings. The topological polar surface area (TPSA) is 128 Å². The van der Waals surface area contributed by atoms with Gasteiger partial charge < -0.3 is 15.4 Å². The quantitative estimate of drug-likeness (QED) is 0.419. The van der Waals surface area contributed by atoms with Crippen molar-refractivity contribution in [3.63, 3.8) is 0 Å². The number of benzene rings is 3. The van der Waals surface area contributed by atoms with Gasteiger partial charge in [-0.05, 0) is 48.2 Å². The molecule has 0 heterocycles. The number of hydrogen-bond donors (Lipinski definition) is 2. The van der Waals surface area contributed by atoms with E-state index >= 15 is 0 Å². The molecule has 3 aromatic rings. The molecular formula is C17H14N3O4S-. The summed E-state index contributed by atoms with van der Waals surface area (Å²) in [5.41, 5.74) is 7.21. The number of nitrogen functional groups attached to an aromatic ring is 1. The van der Waals surface area contributed by atoms with Gasteiger partial charge in [0, 0.05) is 11.1 Å². The molecule has 0 aliphatic heterocycles. The number of aryl methyl sites for hydroxylation is 1. The number of fused-ring (bicyclic) bond motifs is 1. The van der Waals surface area contributed by atoms with Gasteiger partial charge in [-0.3, -0.25) is 0 Å². The first-order valence-corrected chi connectivity index (χ1v) is 8.66. The SMILES string of the molecule is Cc1cc2cc(S(=O)(=O)[O-])cc(N)c2c(O)c1N=Nc1ccccc1. The Morgan fingerprint density at radius 3 is 2.40 bits per heavy atom. The van der Waals surface area contributed by atoms with Gasteiger partial charge in [-0.2, -0.15) is 5.11 Å². The van der Waals surface area contributed by atoms with E-state index in [4.69, 9.17) is 5.73 Å². The Bertz CT molecular complexity index is 1090. The van der Waals surface area contributed by atoms with Crippen LogP contribution in [0.5, 0.6) is 5.75 Å². The van der Waals surface area contributed by atoms with Crippen LogP contribution in [-0.4, -0.2) is 18.1 Å². The number of azo groups is 1. The monoisotopic (exact) mass is 356 g/mol.